The highest BCUT2D eigenvalue weighted by atomic mass is 14.9. The Hall–Kier alpha value is -0.300. The standard InChI is InChI=1S/C8H15N/c1-3-4-9-6-8-5-7(8)2/h3,7-9H,1,4-6H2,2H3/t7-,8-/m0/s1. The minimum atomic E-state index is 0.962. The third-order valence-electron chi connectivity index (χ3n) is 1.97. The van der Waals surface area contributed by atoms with Crippen LogP contribution >= 0.6 is 0 Å². The van der Waals surface area contributed by atoms with Crippen molar-refractivity contribution < 1.29 is 0 Å². The average molecular weight is 125 g/mol. The van der Waals surface area contributed by atoms with Gasteiger partial charge in [-0.2, -0.15) is 0 Å². The minimum Gasteiger partial charge on any atom is -0.313 e. The van der Waals surface area contributed by atoms with Crippen molar-refractivity contribution in [2.45, 2.75) is 13.3 Å². The van der Waals surface area contributed by atoms with Gasteiger partial charge in [0.05, 0.1) is 0 Å². The van der Waals surface area contributed by atoms with Crippen LogP contribution in [0.25, 0.3) is 0 Å². The van der Waals surface area contributed by atoms with Gasteiger partial charge in [-0.25, -0.2) is 0 Å². The maximum Gasteiger partial charge on any atom is 0.0132 e. The highest BCUT2D eigenvalue weighted by Gasteiger charge is 2.31. The molecule has 0 radical (unpaired) electrons. The smallest absolute Gasteiger partial charge is 0.0132 e. The minimum absolute atomic E-state index is 0.962. The van der Waals surface area contributed by atoms with E-state index in [0.717, 1.165) is 18.4 Å². The molecule has 1 saturated carbocycles. The van der Waals surface area contributed by atoms with Crippen molar-refractivity contribution in [1.82, 2.24) is 5.32 Å². The van der Waals surface area contributed by atoms with Crippen LogP contribution in [0.15, 0.2) is 12.7 Å². The van der Waals surface area contributed by atoms with E-state index < -0.39 is 0 Å². The molecule has 0 amide bonds. The van der Waals surface area contributed by atoms with E-state index in [1.54, 1.807) is 0 Å². The summed E-state index contributed by atoms with van der Waals surface area (Å²) in [5.41, 5.74) is 0. The Morgan fingerprint density at radius 3 is 2.89 bits per heavy atom. The molecule has 1 heteroatoms. The summed E-state index contributed by atoms with van der Waals surface area (Å²) in [6, 6.07) is 0. The molecule has 0 aromatic heterocycles. The van der Waals surface area contributed by atoms with Gasteiger partial charge in [-0.15, -0.1) is 6.58 Å². The van der Waals surface area contributed by atoms with Crippen molar-refractivity contribution in [2.24, 2.45) is 11.8 Å². The normalized spacial score (nSPS) is 32.1. The van der Waals surface area contributed by atoms with Crippen molar-refractivity contribution in [2.75, 3.05) is 13.1 Å². The van der Waals surface area contributed by atoms with Crippen molar-refractivity contribution in [1.29, 1.82) is 0 Å². The monoisotopic (exact) mass is 125 g/mol. The molecule has 1 aliphatic rings. The predicted octanol–water partition coefficient (Wildman–Crippen LogP) is 1.42. The second-order valence-corrected chi connectivity index (χ2v) is 2.92. The van der Waals surface area contributed by atoms with Crippen molar-refractivity contribution >= 4 is 0 Å². The van der Waals surface area contributed by atoms with Crippen molar-refractivity contribution in [3.8, 4) is 0 Å². The molecule has 52 valence electrons. The molecule has 0 aromatic rings. The van der Waals surface area contributed by atoms with E-state index in [1.807, 2.05) is 6.08 Å². The molecule has 0 saturated heterocycles. The Kier molecular flexibility index (Phi) is 2.29. The molecule has 0 unspecified atom stereocenters. The Bertz CT molecular complexity index is 98.7. The maximum absolute atomic E-state index is 3.63. The Morgan fingerprint density at radius 1 is 1.78 bits per heavy atom. The molecule has 0 spiro atoms. The highest BCUT2D eigenvalue weighted by molar-refractivity contribution is 4.84. The molecular weight excluding hydrogens is 110 g/mol. The third kappa shape index (κ3) is 2.19. The second kappa shape index (κ2) is 3.02. The van der Waals surface area contributed by atoms with Crippen LogP contribution in [0.1, 0.15) is 13.3 Å². The Labute approximate surface area is 57.1 Å². The van der Waals surface area contributed by atoms with Gasteiger partial charge in [-0.3, -0.25) is 0 Å². The van der Waals surface area contributed by atoms with Gasteiger partial charge < -0.3 is 5.32 Å². The molecule has 2 atom stereocenters. The number of hydrogen-bond acceptors (Lipinski definition) is 1. The van der Waals surface area contributed by atoms with Gasteiger partial charge in [-0.05, 0) is 24.8 Å². The predicted molar refractivity (Wildman–Crippen MR) is 40.3 cm³/mol. The second-order valence-electron chi connectivity index (χ2n) is 2.92. The molecule has 1 fully saturated rings. The third-order valence-corrected chi connectivity index (χ3v) is 1.97. The van der Waals surface area contributed by atoms with Crippen LogP contribution in [0, 0.1) is 11.8 Å². The fraction of sp³-hybridized carbons (Fsp3) is 0.750. The lowest BCUT2D eigenvalue weighted by atomic mass is 10.3. The Morgan fingerprint density at radius 2 is 2.44 bits per heavy atom. The zero-order valence-corrected chi connectivity index (χ0v) is 6.06. The molecule has 0 aromatic carbocycles. The molecule has 1 nitrogen and oxygen atoms in total. The van der Waals surface area contributed by atoms with Crippen molar-refractivity contribution in [3.63, 3.8) is 0 Å². The number of rotatable bonds is 4. The SMILES string of the molecule is C=CCNC[C@@H]1C[C@@H]1C. The quantitative estimate of drug-likeness (QED) is 0.442. The van der Waals surface area contributed by atoms with Crippen LogP contribution in [-0.2, 0) is 0 Å². The molecular formula is C8H15N. The van der Waals surface area contributed by atoms with Gasteiger partial charge in [0, 0.05) is 6.54 Å². The number of hydrogen-bond donors (Lipinski definition) is 1. The van der Waals surface area contributed by atoms with Crippen LogP contribution in [0.4, 0.5) is 0 Å². The first kappa shape index (κ1) is 6.81. The lowest BCUT2D eigenvalue weighted by molar-refractivity contribution is 0.647. The van der Waals surface area contributed by atoms with Crippen LogP contribution < -0.4 is 5.32 Å². The van der Waals surface area contributed by atoms with Crippen molar-refractivity contribution in [3.05, 3.63) is 12.7 Å². The summed E-state index contributed by atoms with van der Waals surface area (Å²) in [5.74, 6) is 1.94. The summed E-state index contributed by atoms with van der Waals surface area (Å²) < 4.78 is 0. The summed E-state index contributed by atoms with van der Waals surface area (Å²) in [7, 11) is 0. The zero-order valence-electron chi connectivity index (χ0n) is 6.06. The summed E-state index contributed by atoms with van der Waals surface area (Å²) >= 11 is 0. The molecule has 0 aliphatic heterocycles. The van der Waals surface area contributed by atoms with E-state index in [9.17, 15) is 0 Å². The molecule has 0 bridgehead atoms. The van der Waals surface area contributed by atoms with Gasteiger partial charge >= 0.3 is 0 Å². The van der Waals surface area contributed by atoms with E-state index in [-0.39, 0.29) is 0 Å². The lowest BCUT2D eigenvalue weighted by Gasteiger charge is -1.96. The molecule has 0 heterocycles. The average Bonchev–Trinajstić information content (AvgIpc) is 2.48. The van der Waals surface area contributed by atoms with Crippen LogP contribution in [0.2, 0.25) is 0 Å². The van der Waals surface area contributed by atoms with E-state index >= 15 is 0 Å². The Balaban J connectivity index is 1.88. The van der Waals surface area contributed by atoms with Gasteiger partial charge in [-0.1, -0.05) is 13.0 Å². The first-order chi connectivity index (χ1) is 4.34. The summed E-state index contributed by atoms with van der Waals surface area (Å²) in [6.45, 7) is 8.09. The van der Waals surface area contributed by atoms with Gasteiger partial charge in [0.15, 0.2) is 0 Å². The van der Waals surface area contributed by atoms with E-state index in [0.29, 0.717) is 0 Å². The van der Waals surface area contributed by atoms with Crippen LogP contribution in [0.3, 0.4) is 0 Å². The maximum atomic E-state index is 3.63. The molecule has 1 rings (SSSR count). The first-order valence-electron chi connectivity index (χ1n) is 3.66. The van der Waals surface area contributed by atoms with Crippen LogP contribution in [-0.4, -0.2) is 13.1 Å². The van der Waals surface area contributed by atoms with E-state index in [2.05, 4.69) is 18.8 Å². The molecule has 1 aliphatic carbocycles. The van der Waals surface area contributed by atoms with Gasteiger partial charge in [0.2, 0.25) is 0 Å². The topological polar surface area (TPSA) is 12.0 Å². The van der Waals surface area contributed by atoms with E-state index in [4.69, 9.17) is 0 Å². The number of nitrogens with one attached hydrogen (secondary N) is 1. The summed E-state index contributed by atoms with van der Waals surface area (Å²) in [5, 5.41) is 3.31. The van der Waals surface area contributed by atoms with E-state index in [1.165, 1.54) is 13.0 Å². The molecule has 1 N–H and O–H groups in total. The highest BCUT2D eigenvalue weighted by Crippen LogP contribution is 2.36. The fourth-order valence-electron chi connectivity index (χ4n) is 1.05. The molecule has 9 heavy (non-hydrogen) atoms. The zero-order chi connectivity index (χ0) is 6.69. The largest absolute Gasteiger partial charge is 0.313 e. The van der Waals surface area contributed by atoms with Crippen LogP contribution in [0.5, 0.6) is 0 Å². The fourth-order valence-corrected chi connectivity index (χ4v) is 1.05. The summed E-state index contributed by atoms with van der Waals surface area (Å²) in [6.07, 6.45) is 3.33. The first-order valence-corrected chi connectivity index (χ1v) is 3.66. The lowest BCUT2D eigenvalue weighted by Crippen LogP contribution is -2.16. The van der Waals surface area contributed by atoms with Gasteiger partial charge in [0.1, 0.15) is 0 Å². The summed E-state index contributed by atoms with van der Waals surface area (Å²) in [4.78, 5) is 0. The van der Waals surface area contributed by atoms with Gasteiger partial charge in [0.25, 0.3) is 0 Å².